The number of benzene rings is 2. The minimum Gasteiger partial charge on any atom is -0.325 e. The largest absolute Gasteiger partial charge is 0.325 e. The third kappa shape index (κ3) is 5.23. The van der Waals surface area contributed by atoms with Crippen LogP contribution >= 0.6 is 11.8 Å². The average molecular weight is 313 g/mol. The van der Waals surface area contributed by atoms with Crippen LogP contribution in [0.3, 0.4) is 0 Å². The summed E-state index contributed by atoms with van der Waals surface area (Å²) in [5.74, 6) is 1.37. The van der Waals surface area contributed by atoms with Crippen LogP contribution in [0.25, 0.3) is 0 Å². The molecule has 3 heteroatoms. The smallest absolute Gasteiger partial charge is 0.234 e. The van der Waals surface area contributed by atoms with Gasteiger partial charge in [-0.2, -0.15) is 0 Å². The number of rotatable bonds is 5. The molecule has 2 nitrogen and oxygen atoms in total. The molecule has 0 aromatic heterocycles. The number of nitrogens with one attached hydrogen (secondary N) is 1. The molecule has 0 bridgehead atoms. The van der Waals surface area contributed by atoms with E-state index >= 15 is 0 Å². The molecule has 0 heterocycles. The highest BCUT2D eigenvalue weighted by Gasteiger charge is 2.12. The molecular weight excluding hydrogens is 290 g/mol. The zero-order valence-corrected chi connectivity index (χ0v) is 14.2. The molecule has 2 aromatic carbocycles. The molecule has 0 atom stereocenters. The van der Waals surface area contributed by atoms with Gasteiger partial charge in [0.1, 0.15) is 0 Å². The monoisotopic (exact) mass is 313 g/mol. The first-order chi connectivity index (χ1) is 10.4. The lowest BCUT2D eigenvalue weighted by Crippen LogP contribution is -2.14. The van der Waals surface area contributed by atoms with Crippen LogP contribution in [-0.2, 0) is 16.0 Å². The normalized spacial score (nSPS) is 11.2. The molecule has 1 amide bonds. The second-order valence-corrected chi connectivity index (χ2v) is 7.34. The third-order valence-electron chi connectivity index (χ3n) is 3.38. The van der Waals surface area contributed by atoms with Crippen molar-refractivity contribution in [2.24, 2.45) is 0 Å². The molecule has 0 saturated carbocycles. The Morgan fingerprint density at radius 2 is 1.64 bits per heavy atom. The minimum atomic E-state index is 0.0440. The van der Waals surface area contributed by atoms with Gasteiger partial charge in [0.05, 0.1) is 5.75 Å². The van der Waals surface area contributed by atoms with Gasteiger partial charge in [-0.3, -0.25) is 4.79 Å². The van der Waals surface area contributed by atoms with Gasteiger partial charge in [0, 0.05) is 11.4 Å². The number of anilines is 1. The van der Waals surface area contributed by atoms with E-state index in [1.807, 2.05) is 30.3 Å². The van der Waals surface area contributed by atoms with E-state index < -0.39 is 0 Å². The summed E-state index contributed by atoms with van der Waals surface area (Å²) >= 11 is 1.64. The van der Waals surface area contributed by atoms with Crippen molar-refractivity contribution in [2.75, 3.05) is 11.1 Å². The highest BCUT2D eigenvalue weighted by atomic mass is 32.2. The maximum Gasteiger partial charge on any atom is 0.234 e. The Kier molecular flexibility index (Phi) is 5.67. The van der Waals surface area contributed by atoms with Crippen molar-refractivity contribution in [2.45, 2.75) is 31.9 Å². The van der Waals surface area contributed by atoms with Crippen LogP contribution in [0.4, 0.5) is 5.69 Å². The van der Waals surface area contributed by atoms with Gasteiger partial charge in [0.15, 0.2) is 0 Å². The van der Waals surface area contributed by atoms with Gasteiger partial charge in [-0.25, -0.2) is 0 Å². The fourth-order valence-corrected chi connectivity index (χ4v) is 2.87. The van der Waals surface area contributed by atoms with E-state index in [2.05, 4.69) is 50.4 Å². The third-order valence-corrected chi connectivity index (χ3v) is 4.38. The Hall–Kier alpha value is -1.74. The maximum absolute atomic E-state index is 11.9. The maximum atomic E-state index is 11.9. The zero-order valence-electron chi connectivity index (χ0n) is 13.4. The topological polar surface area (TPSA) is 29.1 Å². The summed E-state index contributed by atoms with van der Waals surface area (Å²) in [5, 5.41) is 2.90. The molecule has 22 heavy (non-hydrogen) atoms. The summed E-state index contributed by atoms with van der Waals surface area (Å²) in [6.07, 6.45) is 0. The number of amides is 1. The van der Waals surface area contributed by atoms with Crippen LogP contribution in [0.15, 0.2) is 54.6 Å². The van der Waals surface area contributed by atoms with Crippen LogP contribution in [0, 0.1) is 0 Å². The highest BCUT2D eigenvalue weighted by Crippen LogP contribution is 2.23. The average Bonchev–Trinajstić information content (AvgIpc) is 2.48. The van der Waals surface area contributed by atoms with Gasteiger partial charge in [0.2, 0.25) is 5.91 Å². The van der Waals surface area contributed by atoms with Gasteiger partial charge < -0.3 is 5.32 Å². The fraction of sp³-hybridized carbons (Fsp3) is 0.316. The molecule has 0 aliphatic carbocycles. The Bertz CT molecular complexity index is 600. The van der Waals surface area contributed by atoms with Crippen LogP contribution in [0.5, 0.6) is 0 Å². The highest BCUT2D eigenvalue weighted by molar-refractivity contribution is 7.99. The second-order valence-electron chi connectivity index (χ2n) is 6.35. The summed E-state index contributed by atoms with van der Waals surface area (Å²) in [6, 6.07) is 18.2. The van der Waals surface area contributed by atoms with Crippen molar-refractivity contribution in [3.63, 3.8) is 0 Å². The number of hydrogen-bond donors (Lipinski definition) is 1. The van der Waals surface area contributed by atoms with E-state index in [1.165, 1.54) is 11.1 Å². The minimum absolute atomic E-state index is 0.0440. The number of carbonyl (C=O) groups excluding carboxylic acids is 1. The lowest BCUT2D eigenvalue weighted by Gasteiger charge is -2.19. The molecule has 0 unspecified atom stereocenters. The second kappa shape index (κ2) is 7.50. The van der Waals surface area contributed by atoms with E-state index in [9.17, 15) is 4.79 Å². The molecule has 0 radical (unpaired) electrons. The fourth-order valence-electron chi connectivity index (χ4n) is 2.08. The Morgan fingerprint density at radius 1 is 1.00 bits per heavy atom. The lowest BCUT2D eigenvalue weighted by molar-refractivity contribution is -0.113. The van der Waals surface area contributed by atoms with Crippen molar-refractivity contribution in [1.29, 1.82) is 0 Å². The van der Waals surface area contributed by atoms with E-state index in [4.69, 9.17) is 0 Å². The van der Waals surface area contributed by atoms with E-state index in [0.29, 0.717) is 5.75 Å². The Balaban J connectivity index is 1.78. The Labute approximate surface area is 137 Å². The number of carbonyl (C=O) groups is 1. The molecule has 1 N–H and O–H groups in total. The summed E-state index contributed by atoms with van der Waals surface area (Å²) in [6.45, 7) is 6.64. The first-order valence-electron chi connectivity index (χ1n) is 7.47. The standard InChI is InChI=1S/C19H23NOS/c1-19(2,3)16-11-9-15(10-12-16)13-22-14-18(21)20-17-7-5-4-6-8-17/h4-12H,13-14H2,1-3H3,(H,20,21). The van der Waals surface area contributed by atoms with E-state index in [-0.39, 0.29) is 11.3 Å². The van der Waals surface area contributed by atoms with Crippen molar-refractivity contribution in [3.05, 3.63) is 65.7 Å². The first-order valence-corrected chi connectivity index (χ1v) is 8.63. The predicted octanol–water partition coefficient (Wildman–Crippen LogP) is 4.86. The van der Waals surface area contributed by atoms with Gasteiger partial charge in [-0.15, -0.1) is 11.8 Å². The van der Waals surface area contributed by atoms with Crippen LogP contribution in [-0.4, -0.2) is 11.7 Å². The molecule has 2 aromatic rings. The Morgan fingerprint density at radius 3 is 2.23 bits per heavy atom. The van der Waals surface area contributed by atoms with Crippen molar-refractivity contribution in [3.8, 4) is 0 Å². The SMILES string of the molecule is CC(C)(C)c1ccc(CSCC(=O)Nc2ccccc2)cc1. The summed E-state index contributed by atoms with van der Waals surface area (Å²) in [4.78, 5) is 11.9. The number of para-hydroxylation sites is 1. The number of hydrogen-bond acceptors (Lipinski definition) is 2. The zero-order chi connectivity index (χ0) is 16.0. The quantitative estimate of drug-likeness (QED) is 0.854. The van der Waals surface area contributed by atoms with Crippen molar-refractivity contribution < 1.29 is 4.79 Å². The first kappa shape index (κ1) is 16.6. The molecule has 0 aliphatic rings. The summed E-state index contributed by atoms with van der Waals surface area (Å²) in [7, 11) is 0. The van der Waals surface area contributed by atoms with Crippen molar-refractivity contribution in [1.82, 2.24) is 0 Å². The number of thioether (sulfide) groups is 1. The van der Waals surface area contributed by atoms with E-state index in [1.54, 1.807) is 11.8 Å². The lowest BCUT2D eigenvalue weighted by atomic mass is 9.87. The van der Waals surface area contributed by atoms with Gasteiger partial charge >= 0.3 is 0 Å². The molecule has 0 fully saturated rings. The molecule has 0 spiro atoms. The summed E-state index contributed by atoms with van der Waals surface area (Å²) in [5.41, 5.74) is 3.62. The van der Waals surface area contributed by atoms with Gasteiger partial charge in [0.25, 0.3) is 0 Å². The van der Waals surface area contributed by atoms with Crippen molar-refractivity contribution >= 4 is 23.4 Å². The van der Waals surface area contributed by atoms with Crippen LogP contribution in [0.2, 0.25) is 0 Å². The molecular formula is C19H23NOS. The van der Waals surface area contributed by atoms with Crippen LogP contribution in [0.1, 0.15) is 31.9 Å². The molecule has 0 saturated heterocycles. The van der Waals surface area contributed by atoms with Crippen LogP contribution < -0.4 is 5.32 Å². The van der Waals surface area contributed by atoms with E-state index in [0.717, 1.165) is 11.4 Å². The molecule has 0 aliphatic heterocycles. The molecule has 116 valence electrons. The molecule has 2 rings (SSSR count). The summed E-state index contributed by atoms with van der Waals surface area (Å²) < 4.78 is 0. The predicted molar refractivity (Wildman–Crippen MR) is 96.4 cm³/mol. The van der Waals surface area contributed by atoms with Gasteiger partial charge in [-0.05, 0) is 28.7 Å². The van der Waals surface area contributed by atoms with Gasteiger partial charge in [-0.1, -0.05) is 63.2 Å².